The Morgan fingerprint density at radius 2 is 1.89 bits per heavy atom. The molecule has 3 nitrogen and oxygen atoms in total. The lowest BCUT2D eigenvalue weighted by Gasteiger charge is -2.32. The molecule has 0 aromatic heterocycles. The highest BCUT2D eigenvalue weighted by molar-refractivity contribution is 7.80. The van der Waals surface area contributed by atoms with Gasteiger partial charge in [-0.1, -0.05) is 52.3 Å². The number of amides is 1. The Morgan fingerprint density at radius 1 is 1.32 bits per heavy atom. The van der Waals surface area contributed by atoms with Crippen LogP contribution in [0.2, 0.25) is 0 Å². The normalized spacial score (nSPS) is 23.9. The van der Waals surface area contributed by atoms with E-state index in [2.05, 4.69) is 12.2 Å². The average molecular weight is 284 g/mol. The summed E-state index contributed by atoms with van der Waals surface area (Å²) in [7, 11) is 0. The SMILES string of the molecule is CCC(CC)(C(=O)NCC1CCCCC1C)C(N)=S. The minimum absolute atomic E-state index is 0.0165. The molecule has 2 atom stereocenters. The summed E-state index contributed by atoms with van der Waals surface area (Å²) in [6, 6.07) is 0. The fraction of sp³-hybridized carbons (Fsp3) is 0.867. The van der Waals surface area contributed by atoms with E-state index in [0.717, 1.165) is 6.54 Å². The molecule has 0 radical (unpaired) electrons. The standard InChI is InChI=1S/C15H28N2OS/c1-4-15(5-2,13(16)19)14(18)17-10-12-9-7-6-8-11(12)3/h11-12H,4-10H2,1-3H3,(H2,16,19)(H,17,18). The number of carbonyl (C=O) groups is 1. The molecule has 2 unspecified atom stereocenters. The highest BCUT2D eigenvalue weighted by atomic mass is 32.1. The van der Waals surface area contributed by atoms with Crippen molar-refractivity contribution in [2.75, 3.05) is 6.54 Å². The van der Waals surface area contributed by atoms with Crippen molar-refractivity contribution in [3.05, 3.63) is 0 Å². The molecule has 1 fully saturated rings. The maximum atomic E-state index is 12.4. The monoisotopic (exact) mass is 284 g/mol. The summed E-state index contributed by atoms with van der Waals surface area (Å²) in [5.41, 5.74) is 5.14. The first-order valence-corrected chi connectivity index (χ1v) is 7.97. The summed E-state index contributed by atoms with van der Waals surface area (Å²) in [4.78, 5) is 12.8. The first-order chi connectivity index (χ1) is 8.97. The van der Waals surface area contributed by atoms with E-state index in [-0.39, 0.29) is 5.91 Å². The zero-order valence-electron chi connectivity index (χ0n) is 12.5. The third kappa shape index (κ3) is 3.68. The molecule has 0 saturated heterocycles. The van der Waals surface area contributed by atoms with Gasteiger partial charge in [0.1, 0.15) is 0 Å². The minimum atomic E-state index is -0.659. The number of hydrogen-bond donors (Lipinski definition) is 2. The lowest BCUT2D eigenvalue weighted by Crippen LogP contribution is -2.49. The summed E-state index contributed by atoms with van der Waals surface area (Å²) >= 11 is 5.11. The fourth-order valence-electron chi connectivity index (χ4n) is 3.12. The van der Waals surface area contributed by atoms with Gasteiger partial charge in [-0.25, -0.2) is 0 Å². The van der Waals surface area contributed by atoms with Crippen LogP contribution in [0.25, 0.3) is 0 Å². The van der Waals surface area contributed by atoms with Gasteiger partial charge in [0.05, 0.1) is 10.4 Å². The van der Waals surface area contributed by atoms with Crippen LogP contribution in [0.4, 0.5) is 0 Å². The smallest absolute Gasteiger partial charge is 0.233 e. The fourth-order valence-corrected chi connectivity index (χ4v) is 3.50. The van der Waals surface area contributed by atoms with Gasteiger partial charge in [-0.2, -0.15) is 0 Å². The van der Waals surface area contributed by atoms with Crippen LogP contribution in [-0.4, -0.2) is 17.4 Å². The van der Waals surface area contributed by atoms with Gasteiger partial charge < -0.3 is 11.1 Å². The molecule has 1 saturated carbocycles. The van der Waals surface area contributed by atoms with E-state index >= 15 is 0 Å². The van der Waals surface area contributed by atoms with Crippen LogP contribution in [0, 0.1) is 17.3 Å². The van der Waals surface area contributed by atoms with Crippen LogP contribution in [0.1, 0.15) is 59.3 Å². The quantitative estimate of drug-likeness (QED) is 0.737. The van der Waals surface area contributed by atoms with Crippen molar-refractivity contribution in [3.8, 4) is 0 Å². The van der Waals surface area contributed by atoms with Crippen LogP contribution >= 0.6 is 12.2 Å². The molecule has 0 aromatic rings. The van der Waals surface area contributed by atoms with Crippen molar-refractivity contribution in [2.24, 2.45) is 23.0 Å². The predicted octanol–water partition coefficient (Wildman–Crippen LogP) is 3.02. The molecule has 0 bridgehead atoms. The molecule has 110 valence electrons. The number of hydrogen-bond acceptors (Lipinski definition) is 2. The Balaban J connectivity index is 2.60. The van der Waals surface area contributed by atoms with Crippen molar-refractivity contribution in [3.63, 3.8) is 0 Å². The summed E-state index contributed by atoms with van der Waals surface area (Å²) in [5.74, 6) is 1.33. The van der Waals surface area contributed by atoms with Gasteiger partial charge in [-0.15, -0.1) is 0 Å². The van der Waals surface area contributed by atoms with E-state index in [0.29, 0.717) is 29.7 Å². The van der Waals surface area contributed by atoms with Crippen LogP contribution in [0.3, 0.4) is 0 Å². The second kappa shape index (κ2) is 7.22. The second-order valence-electron chi connectivity index (χ2n) is 5.89. The van der Waals surface area contributed by atoms with Crippen LogP contribution < -0.4 is 11.1 Å². The van der Waals surface area contributed by atoms with Crippen molar-refractivity contribution < 1.29 is 4.79 Å². The van der Waals surface area contributed by atoms with Gasteiger partial charge in [-0.3, -0.25) is 4.79 Å². The molecule has 0 aliphatic heterocycles. The molecule has 1 amide bonds. The highest BCUT2D eigenvalue weighted by Gasteiger charge is 2.38. The number of thiocarbonyl (C=S) groups is 1. The summed E-state index contributed by atoms with van der Waals surface area (Å²) in [6.45, 7) is 7.01. The maximum absolute atomic E-state index is 12.4. The average Bonchev–Trinajstić information content (AvgIpc) is 2.39. The Morgan fingerprint density at radius 3 is 2.37 bits per heavy atom. The number of nitrogens with two attached hydrogens (primary N) is 1. The van der Waals surface area contributed by atoms with Gasteiger partial charge in [0.15, 0.2) is 0 Å². The van der Waals surface area contributed by atoms with Gasteiger partial charge in [-0.05, 0) is 31.1 Å². The molecular formula is C15H28N2OS. The lowest BCUT2D eigenvalue weighted by molar-refractivity contribution is -0.128. The lowest BCUT2D eigenvalue weighted by atomic mass is 9.79. The third-order valence-corrected chi connectivity index (χ3v) is 5.32. The molecule has 1 rings (SSSR count). The number of rotatable bonds is 6. The highest BCUT2D eigenvalue weighted by Crippen LogP contribution is 2.30. The van der Waals surface area contributed by atoms with E-state index in [1.54, 1.807) is 0 Å². The van der Waals surface area contributed by atoms with Crippen molar-refractivity contribution in [1.82, 2.24) is 5.32 Å². The van der Waals surface area contributed by atoms with Crippen molar-refractivity contribution >= 4 is 23.1 Å². The molecule has 3 N–H and O–H groups in total. The zero-order valence-corrected chi connectivity index (χ0v) is 13.3. The van der Waals surface area contributed by atoms with Crippen molar-refractivity contribution in [1.29, 1.82) is 0 Å². The van der Waals surface area contributed by atoms with E-state index in [4.69, 9.17) is 18.0 Å². The topological polar surface area (TPSA) is 55.1 Å². The number of carbonyl (C=O) groups excluding carboxylic acids is 1. The Hall–Kier alpha value is -0.640. The summed E-state index contributed by atoms with van der Waals surface area (Å²) in [5, 5.41) is 3.10. The largest absolute Gasteiger partial charge is 0.392 e. The van der Waals surface area contributed by atoms with Gasteiger partial charge in [0.25, 0.3) is 0 Å². The molecule has 4 heteroatoms. The molecule has 1 aliphatic carbocycles. The minimum Gasteiger partial charge on any atom is -0.392 e. The molecule has 0 heterocycles. The van der Waals surface area contributed by atoms with E-state index in [1.807, 2.05) is 13.8 Å². The third-order valence-electron chi connectivity index (χ3n) is 4.93. The Labute approximate surface area is 122 Å². The maximum Gasteiger partial charge on any atom is 0.233 e. The van der Waals surface area contributed by atoms with Gasteiger partial charge >= 0.3 is 0 Å². The second-order valence-corrected chi connectivity index (χ2v) is 6.33. The molecule has 0 aromatic carbocycles. The summed E-state index contributed by atoms with van der Waals surface area (Å²) < 4.78 is 0. The van der Waals surface area contributed by atoms with Gasteiger partial charge in [0.2, 0.25) is 5.91 Å². The van der Waals surface area contributed by atoms with E-state index < -0.39 is 5.41 Å². The van der Waals surface area contributed by atoms with E-state index in [9.17, 15) is 4.79 Å². The zero-order chi connectivity index (χ0) is 14.5. The molecule has 19 heavy (non-hydrogen) atoms. The Kier molecular flexibility index (Phi) is 6.24. The number of nitrogens with one attached hydrogen (secondary N) is 1. The first-order valence-electron chi connectivity index (χ1n) is 7.56. The molecular weight excluding hydrogens is 256 g/mol. The van der Waals surface area contributed by atoms with Crippen molar-refractivity contribution in [2.45, 2.75) is 59.3 Å². The first kappa shape index (κ1) is 16.4. The Bertz CT molecular complexity index is 326. The molecule has 0 spiro atoms. The molecule has 1 aliphatic rings. The van der Waals surface area contributed by atoms with E-state index in [1.165, 1.54) is 25.7 Å². The van der Waals surface area contributed by atoms with Crippen LogP contribution in [0.15, 0.2) is 0 Å². The predicted molar refractivity (Wildman–Crippen MR) is 83.9 cm³/mol. The van der Waals surface area contributed by atoms with Gasteiger partial charge in [0, 0.05) is 6.54 Å². The van der Waals surface area contributed by atoms with Crippen LogP contribution in [-0.2, 0) is 4.79 Å². The summed E-state index contributed by atoms with van der Waals surface area (Å²) in [6.07, 6.45) is 6.46. The van der Waals surface area contributed by atoms with Crippen LogP contribution in [0.5, 0.6) is 0 Å².